The maximum Gasteiger partial charge on any atom is 0.275 e. The molecule has 0 fully saturated rings. The molecule has 124 valence electrons. The largest absolute Gasteiger partial charge is 0.283 e. The molecule has 0 saturated carbocycles. The van der Waals surface area contributed by atoms with Gasteiger partial charge in [-0.2, -0.15) is 5.10 Å². The van der Waals surface area contributed by atoms with E-state index in [-0.39, 0.29) is 5.56 Å². The van der Waals surface area contributed by atoms with Crippen LogP contribution < -0.4 is 5.56 Å². The van der Waals surface area contributed by atoms with Gasteiger partial charge in [0.05, 0.1) is 27.8 Å². The summed E-state index contributed by atoms with van der Waals surface area (Å²) in [7, 11) is 1.91. The van der Waals surface area contributed by atoms with E-state index in [0.29, 0.717) is 28.6 Å². The summed E-state index contributed by atoms with van der Waals surface area (Å²) in [5, 5.41) is 7.06. The van der Waals surface area contributed by atoms with E-state index in [0.717, 1.165) is 16.6 Å². The molecule has 1 aromatic heterocycles. The number of fused-ring (bicyclic) bond motifs is 1. The van der Waals surface area contributed by atoms with Crippen molar-refractivity contribution in [3.05, 3.63) is 74.1 Å². The maximum absolute atomic E-state index is 12.6. The fraction of sp³-hybridized carbons (Fsp3) is 0.222. The number of halogens is 2. The van der Waals surface area contributed by atoms with Gasteiger partial charge in [-0.05, 0) is 31.7 Å². The smallest absolute Gasteiger partial charge is 0.275 e. The summed E-state index contributed by atoms with van der Waals surface area (Å²) in [5.74, 6) is 0. The molecule has 6 heteroatoms. The first kappa shape index (κ1) is 17.0. The Hall–Kier alpha value is -1.88. The van der Waals surface area contributed by atoms with Crippen LogP contribution in [0.15, 0.2) is 47.3 Å². The van der Waals surface area contributed by atoms with Gasteiger partial charge in [-0.25, -0.2) is 4.68 Å². The molecular formula is C18H17Cl2N3O. The van der Waals surface area contributed by atoms with E-state index in [2.05, 4.69) is 5.10 Å². The van der Waals surface area contributed by atoms with Crippen LogP contribution >= 0.6 is 23.2 Å². The quantitative estimate of drug-likeness (QED) is 0.701. The molecule has 0 saturated heterocycles. The average Bonchev–Trinajstić information content (AvgIpc) is 2.57. The Morgan fingerprint density at radius 1 is 1.08 bits per heavy atom. The summed E-state index contributed by atoms with van der Waals surface area (Å²) in [5.41, 5.74) is 1.65. The third-order valence-electron chi connectivity index (χ3n) is 3.90. The second kappa shape index (κ2) is 6.93. The standard InChI is InChI=1S/C18H17Cl2N3O/c1-12-14-7-3-4-8-15(14)18(24)23(21-12)11-22(2)10-13-6-5-9-16(19)17(13)20/h3-9H,10-11H2,1-2H3. The van der Waals surface area contributed by atoms with Crippen molar-refractivity contribution in [3.8, 4) is 0 Å². The normalized spacial score (nSPS) is 11.4. The Labute approximate surface area is 150 Å². The Bertz CT molecular complexity index is 953. The summed E-state index contributed by atoms with van der Waals surface area (Å²) in [6.45, 7) is 2.85. The number of benzene rings is 2. The second-order valence-electron chi connectivity index (χ2n) is 5.80. The molecule has 0 aliphatic carbocycles. The highest BCUT2D eigenvalue weighted by atomic mass is 35.5. The highest BCUT2D eigenvalue weighted by Gasteiger charge is 2.11. The lowest BCUT2D eigenvalue weighted by atomic mass is 10.1. The van der Waals surface area contributed by atoms with Crippen LogP contribution in [0.5, 0.6) is 0 Å². The Kier molecular flexibility index (Phi) is 4.90. The van der Waals surface area contributed by atoms with Gasteiger partial charge in [0.2, 0.25) is 0 Å². The molecule has 0 aliphatic rings. The van der Waals surface area contributed by atoms with Crippen LogP contribution in [-0.2, 0) is 13.2 Å². The average molecular weight is 362 g/mol. The van der Waals surface area contributed by atoms with E-state index in [9.17, 15) is 4.79 Å². The van der Waals surface area contributed by atoms with Crippen molar-refractivity contribution >= 4 is 34.0 Å². The minimum atomic E-state index is -0.0970. The highest BCUT2D eigenvalue weighted by molar-refractivity contribution is 6.42. The maximum atomic E-state index is 12.6. The summed E-state index contributed by atoms with van der Waals surface area (Å²) in [4.78, 5) is 14.6. The predicted molar refractivity (Wildman–Crippen MR) is 98.7 cm³/mol. The molecule has 0 spiro atoms. The molecule has 0 atom stereocenters. The second-order valence-corrected chi connectivity index (χ2v) is 6.59. The zero-order valence-corrected chi connectivity index (χ0v) is 15.0. The summed E-state index contributed by atoms with van der Waals surface area (Å²) in [6, 6.07) is 13.1. The topological polar surface area (TPSA) is 38.1 Å². The van der Waals surface area contributed by atoms with Gasteiger partial charge >= 0.3 is 0 Å². The molecule has 0 N–H and O–H groups in total. The van der Waals surface area contributed by atoms with Crippen molar-refractivity contribution in [2.24, 2.45) is 0 Å². The van der Waals surface area contributed by atoms with Crippen molar-refractivity contribution in [2.45, 2.75) is 20.1 Å². The van der Waals surface area contributed by atoms with Crippen LogP contribution in [0.2, 0.25) is 10.0 Å². The van der Waals surface area contributed by atoms with Crippen molar-refractivity contribution in [1.29, 1.82) is 0 Å². The van der Waals surface area contributed by atoms with Crippen LogP contribution in [-0.4, -0.2) is 21.7 Å². The van der Waals surface area contributed by atoms with Crippen LogP contribution in [0.1, 0.15) is 11.3 Å². The van der Waals surface area contributed by atoms with Gasteiger partial charge in [0.15, 0.2) is 0 Å². The van der Waals surface area contributed by atoms with E-state index in [1.54, 1.807) is 6.07 Å². The number of aromatic nitrogens is 2. The van der Waals surface area contributed by atoms with E-state index < -0.39 is 0 Å². The minimum Gasteiger partial charge on any atom is -0.283 e. The molecule has 0 aliphatic heterocycles. The van der Waals surface area contributed by atoms with Gasteiger partial charge in [-0.15, -0.1) is 0 Å². The SMILES string of the molecule is Cc1nn(CN(C)Cc2cccc(Cl)c2Cl)c(=O)c2ccccc12. The molecule has 4 nitrogen and oxygen atoms in total. The summed E-state index contributed by atoms with van der Waals surface area (Å²) < 4.78 is 1.48. The van der Waals surface area contributed by atoms with Crippen molar-refractivity contribution in [3.63, 3.8) is 0 Å². The molecule has 3 aromatic rings. The van der Waals surface area contributed by atoms with Crippen LogP contribution in [0.25, 0.3) is 10.8 Å². The molecule has 2 aromatic carbocycles. The molecule has 1 heterocycles. The van der Waals surface area contributed by atoms with Crippen LogP contribution in [0, 0.1) is 6.92 Å². The third kappa shape index (κ3) is 3.31. The van der Waals surface area contributed by atoms with Crippen molar-refractivity contribution in [1.82, 2.24) is 14.7 Å². The van der Waals surface area contributed by atoms with E-state index in [4.69, 9.17) is 23.2 Å². The monoisotopic (exact) mass is 361 g/mol. The molecule has 3 rings (SSSR count). The number of nitrogens with zero attached hydrogens (tertiary/aromatic N) is 3. The van der Waals surface area contributed by atoms with Crippen molar-refractivity contribution < 1.29 is 0 Å². The minimum absolute atomic E-state index is 0.0970. The zero-order chi connectivity index (χ0) is 17.3. The number of hydrogen-bond donors (Lipinski definition) is 0. The molecule has 24 heavy (non-hydrogen) atoms. The lowest BCUT2D eigenvalue weighted by molar-refractivity contribution is 0.240. The van der Waals surface area contributed by atoms with Crippen LogP contribution in [0.4, 0.5) is 0 Å². The molecule has 0 amide bonds. The van der Waals surface area contributed by atoms with Gasteiger partial charge < -0.3 is 0 Å². The number of hydrogen-bond acceptors (Lipinski definition) is 3. The van der Waals surface area contributed by atoms with E-state index >= 15 is 0 Å². The predicted octanol–water partition coefficient (Wildman–Crippen LogP) is 4.10. The lowest BCUT2D eigenvalue weighted by Gasteiger charge is -2.19. The highest BCUT2D eigenvalue weighted by Crippen LogP contribution is 2.26. The number of aryl methyl sites for hydroxylation is 1. The number of rotatable bonds is 4. The third-order valence-corrected chi connectivity index (χ3v) is 4.76. The van der Waals surface area contributed by atoms with E-state index in [1.807, 2.05) is 55.3 Å². The summed E-state index contributed by atoms with van der Waals surface area (Å²) >= 11 is 12.3. The van der Waals surface area contributed by atoms with Crippen molar-refractivity contribution in [2.75, 3.05) is 7.05 Å². The first-order chi connectivity index (χ1) is 11.5. The fourth-order valence-electron chi connectivity index (χ4n) is 2.74. The first-order valence-electron chi connectivity index (χ1n) is 7.55. The molecule has 0 unspecified atom stereocenters. The first-order valence-corrected chi connectivity index (χ1v) is 8.31. The van der Waals surface area contributed by atoms with Gasteiger partial charge in [-0.3, -0.25) is 9.69 Å². The molecule has 0 bridgehead atoms. The summed E-state index contributed by atoms with van der Waals surface area (Å²) in [6.07, 6.45) is 0. The molecular weight excluding hydrogens is 345 g/mol. The lowest BCUT2D eigenvalue weighted by Crippen LogP contribution is -2.32. The fourth-order valence-corrected chi connectivity index (χ4v) is 3.12. The van der Waals surface area contributed by atoms with Gasteiger partial charge in [0.25, 0.3) is 5.56 Å². The van der Waals surface area contributed by atoms with Gasteiger partial charge in [0, 0.05) is 11.9 Å². The van der Waals surface area contributed by atoms with E-state index in [1.165, 1.54) is 4.68 Å². The Morgan fingerprint density at radius 2 is 1.79 bits per heavy atom. The Morgan fingerprint density at radius 3 is 2.54 bits per heavy atom. The molecule has 0 radical (unpaired) electrons. The Balaban J connectivity index is 1.88. The van der Waals surface area contributed by atoms with Crippen LogP contribution in [0.3, 0.4) is 0 Å². The van der Waals surface area contributed by atoms with Gasteiger partial charge in [0.1, 0.15) is 0 Å². The zero-order valence-electron chi connectivity index (χ0n) is 13.5. The van der Waals surface area contributed by atoms with Gasteiger partial charge in [-0.1, -0.05) is 53.5 Å².